The van der Waals surface area contributed by atoms with Crippen molar-refractivity contribution in [3.8, 4) is 56.3 Å². The number of rotatable bonds is 5. The van der Waals surface area contributed by atoms with E-state index in [1.165, 1.54) is 42.1 Å². The summed E-state index contributed by atoms with van der Waals surface area (Å²) in [7, 11) is 0. The lowest BCUT2D eigenvalue weighted by Crippen LogP contribution is -1.96. The maximum absolute atomic E-state index is 6.35. The van der Waals surface area contributed by atoms with Crippen molar-refractivity contribution in [3.63, 3.8) is 0 Å². The normalized spacial score (nSPS) is 11.8. The van der Waals surface area contributed by atoms with Crippen LogP contribution in [0.1, 0.15) is 0 Å². The summed E-state index contributed by atoms with van der Waals surface area (Å²) in [4.78, 5) is 15.9. The number of para-hydroxylation sites is 1. The highest BCUT2D eigenvalue weighted by atomic mass is 32.1. The second kappa shape index (κ2) is 13.1. The van der Waals surface area contributed by atoms with Gasteiger partial charge in [-0.25, -0.2) is 15.0 Å². The van der Waals surface area contributed by atoms with Crippen molar-refractivity contribution in [3.05, 3.63) is 188 Å². The second-order valence-corrected chi connectivity index (χ2v) is 15.7. The minimum Gasteiger partial charge on any atom is -0.454 e. The van der Waals surface area contributed by atoms with Crippen LogP contribution >= 0.6 is 11.3 Å². The van der Waals surface area contributed by atoms with Crippen molar-refractivity contribution in [1.29, 1.82) is 0 Å². The van der Waals surface area contributed by atoms with Crippen molar-refractivity contribution in [2.45, 2.75) is 0 Å². The van der Waals surface area contributed by atoms with Crippen molar-refractivity contribution >= 4 is 75.1 Å². The van der Waals surface area contributed by atoms with Gasteiger partial charge in [0, 0.05) is 58.6 Å². The molecule has 270 valence electrons. The first-order valence-electron chi connectivity index (χ1n) is 19.4. The first-order chi connectivity index (χ1) is 28.7. The van der Waals surface area contributed by atoms with Gasteiger partial charge in [-0.15, -0.1) is 11.3 Å². The number of hydrogen-bond acceptors (Lipinski definition) is 5. The fourth-order valence-electron chi connectivity index (χ4n) is 8.46. The Morgan fingerprint density at radius 1 is 0.379 bits per heavy atom. The van der Waals surface area contributed by atoms with Crippen molar-refractivity contribution in [2.24, 2.45) is 0 Å². The van der Waals surface area contributed by atoms with Crippen LogP contribution < -0.4 is 0 Å². The van der Waals surface area contributed by atoms with Gasteiger partial charge in [-0.1, -0.05) is 158 Å². The van der Waals surface area contributed by atoms with Crippen LogP contribution in [-0.4, -0.2) is 15.0 Å². The van der Waals surface area contributed by atoms with E-state index in [4.69, 9.17) is 19.4 Å². The molecule has 0 atom stereocenters. The molecule has 4 nitrogen and oxygen atoms in total. The highest BCUT2D eigenvalue weighted by Crippen LogP contribution is 2.44. The van der Waals surface area contributed by atoms with Crippen LogP contribution in [0.15, 0.2) is 192 Å². The van der Waals surface area contributed by atoms with E-state index in [2.05, 4.69) is 170 Å². The standard InChI is InChI=1S/C53H31N3OS/c1-2-13-33(14-3-1)38-19-10-20-41-42-21-11-22-44(52(42)58-51(38)41)53-54-45(31-46(55-53)37-29-24-32-12-4-5-15-36(32)30-37)34-25-27-35(28-26-34)48-39-16-6-7-17-40(39)50-49(56-48)43-18-8-9-23-47(43)57-50/h1-31H. The van der Waals surface area contributed by atoms with E-state index in [-0.39, 0.29) is 0 Å². The topological polar surface area (TPSA) is 51.8 Å². The molecule has 0 aliphatic rings. The Labute approximate surface area is 337 Å². The van der Waals surface area contributed by atoms with Gasteiger partial charge in [0.25, 0.3) is 0 Å². The molecule has 4 heterocycles. The fourth-order valence-corrected chi connectivity index (χ4v) is 9.80. The van der Waals surface area contributed by atoms with Crippen LogP contribution in [0.2, 0.25) is 0 Å². The summed E-state index contributed by atoms with van der Waals surface area (Å²) in [5.74, 6) is 0.702. The Kier molecular flexibility index (Phi) is 7.37. The van der Waals surface area contributed by atoms with Crippen LogP contribution in [0.4, 0.5) is 0 Å². The first kappa shape index (κ1) is 32.7. The van der Waals surface area contributed by atoms with Crippen molar-refractivity contribution < 1.29 is 4.42 Å². The molecule has 0 fully saturated rings. The number of pyridine rings is 1. The van der Waals surface area contributed by atoms with Crippen molar-refractivity contribution in [1.82, 2.24) is 15.0 Å². The fraction of sp³-hybridized carbons (Fsp3) is 0. The van der Waals surface area contributed by atoms with Gasteiger partial charge in [0.2, 0.25) is 0 Å². The summed E-state index contributed by atoms with van der Waals surface area (Å²) < 4.78 is 8.79. The van der Waals surface area contributed by atoms with E-state index < -0.39 is 0 Å². The summed E-state index contributed by atoms with van der Waals surface area (Å²) in [6.45, 7) is 0. The van der Waals surface area contributed by atoms with E-state index in [0.29, 0.717) is 5.82 Å². The largest absolute Gasteiger partial charge is 0.454 e. The summed E-state index contributed by atoms with van der Waals surface area (Å²) in [6.07, 6.45) is 0. The monoisotopic (exact) mass is 757 g/mol. The number of thiophene rings is 1. The average molecular weight is 758 g/mol. The number of nitrogens with zero attached hydrogens (tertiary/aromatic N) is 3. The van der Waals surface area contributed by atoms with E-state index >= 15 is 0 Å². The molecule has 12 aromatic rings. The lowest BCUT2D eigenvalue weighted by molar-refractivity contribution is 0.672. The molecule has 12 rings (SSSR count). The number of aromatic nitrogens is 3. The van der Waals surface area contributed by atoms with E-state index in [1.54, 1.807) is 0 Å². The van der Waals surface area contributed by atoms with Crippen LogP contribution in [0.25, 0.3) is 120 Å². The first-order valence-corrected chi connectivity index (χ1v) is 20.2. The number of hydrogen-bond donors (Lipinski definition) is 0. The Morgan fingerprint density at radius 3 is 1.79 bits per heavy atom. The molecule has 0 radical (unpaired) electrons. The van der Waals surface area contributed by atoms with Crippen LogP contribution in [0.3, 0.4) is 0 Å². The minimum absolute atomic E-state index is 0.702. The van der Waals surface area contributed by atoms with Gasteiger partial charge in [-0.3, -0.25) is 0 Å². The zero-order valence-electron chi connectivity index (χ0n) is 31.1. The Bertz CT molecular complexity index is 3570. The molecular formula is C53H31N3OS. The molecule has 0 bridgehead atoms. The van der Waals surface area contributed by atoms with E-state index in [1.807, 2.05) is 29.5 Å². The van der Waals surface area contributed by atoms with Gasteiger partial charge in [-0.05, 0) is 52.2 Å². The molecule has 0 aliphatic heterocycles. The number of furan rings is 1. The van der Waals surface area contributed by atoms with Crippen LogP contribution in [-0.2, 0) is 0 Å². The highest BCUT2D eigenvalue weighted by Gasteiger charge is 2.19. The zero-order valence-corrected chi connectivity index (χ0v) is 31.9. The van der Waals surface area contributed by atoms with E-state index in [0.717, 1.165) is 72.2 Å². The molecule has 0 saturated carbocycles. The number of benzene rings is 8. The van der Waals surface area contributed by atoms with Gasteiger partial charge < -0.3 is 4.42 Å². The SMILES string of the molecule is c1ccc(-c2cccc3c2sc2c(-c4nc(-c5ccc(-c6nc7c8ccccc8oc7c7ccccc67)cc5)cc(-c5ccc6ccccc6c5)n4)cccc23)cc1. The molecule has 0 N–H and O–H groups in total. The maximum atomic E-state index is 6.35. The van der Waals surface area contributed by atoms with Crippen LogP contribution in [0.5, 0.6) is 0 Å². The molecule has 8 aromatic carbocycles. The Hall–Kier alpha value is -7.47. The molecule has 0 aliphatic carbocycles. The third-order valence-electron chi connectivity index (χ3n) is 11.3. The summed E-state index contributed by atoms with van der Waals surface area (Å²) in [6, 6.07) is 66.1. The highest BCUT2D eigenvalue weighted by molar-refractivity contribution is 7.26. The third kappa shape index (κ3) is 5.25. The molecule has 0 saturated heterocycles. The number of fused-ring (bicyclic) bond motifs is 9. The van der Waals surface area contributed by atoms with Gasteiger partial charge in [-0.2, -0.15) is 0 Å². The summed E-state index contributed by atoms with van der Waals surface area (Å²) in [5.41, 5.74) is 11.7. The molecule has 0 unspecified atom stereocenters. The molecule has 0 spiro atoms. The van der Waals surface area contributed by atoms with Gasteiger partial charge in [0.15, 0.2) is 11.4 Å². The van der Waals surface area contributed by atoms with Crippen molar-refractivity contribution in [2.75, 3.05) is 0 Å². The predicted molar refractivity (Wildman–Crippen MR) is 242 cm³/mol. The molecular weight excluding hydrogens is 727 g/mol. The van der Waals surface area contributed by atoms with Gasteiger partial charge >= 0.3 is 0 Å². The lowest BCUT2D eigenvalue weighted by atomic mass is 9.99. The molecule has 5 heteroatoms. The Balaban J connectivity index is 1.03. The summed E-state index contributed by atoms with van der Waals surface area (Å²) >= 11 is 1.82. The molecule has 0 amide bonds. The Morgan fingerprint density at radius 2 is 0.983 bits per heavy atom. The predicted octanol–water partition coefficient (Wildman–Crippen LogP) is 14.8. The van der Waals surface area contributed by atoms with Gasteiger partial charge in [0.1, 0.15) is 11.1 Å². The maximum Gasteiger partial charge on any atom is 0.161 e. The van der Waals surface area contributed by atoms with Gasteiger partial charge in [0.05, 0.1) is 17.1 Å². The molecule has 58 heavy (non-hydrogen) atoms. The third-order valence-corrected chi connectivity index (χ3v) is 12.6. The average Bonchev–Trinajstić information content (AvgIpc) is 3.88. The molecule has 4 aromatic heterocycles. The minimum atomic E-state index is 0.702. The quantitative estimate of drug-likeness (QED) is 0.175. The lowest BCUT2D eigenvalue weighted by Gasteiger charge is -2.12. The zero-order chi connectivity index (χ0) is 38.2. The van der Waals surface area contributed by atoms with E-state index in [9.17, 15) is 0 Å². The van der Waals surface area contributed by atoms with Crippen LogP contribution in [0, 0.1) is 0 Å². The second-order valence-electron chi connectivity index (χ2n) is 14.7. The smallest absolute Gasteiger partial charge is 0.161 e. The summed E-state index contributed by atoms with van der Waals surface area (Å²) in [5, 5.41) is 7.94.